The summed E-state index contributed by atoms with van der Waals surface area (Å²) in [6.07, 6.45) is 5.24. The molecule has 25 heavy (non-hydrogen) atoms. The van der Waals surface area contributed by atoms with Gasteiger partial charge in [0.1, 0.15) is 0 Å². The predicted octanol–water partition coefficient (Wildman–Crippen LogP) is 2.26. The second-order valence-electron chi connectivity index (χ2n) is 7.23. The van der Waals surface area contributed by atoms with E-state index in [-0.39, 0.29) is 11.6 Å². The zero-order valence-corrected chi connectivity index (χ0v) is 15.2. The molecule has 0 bridgehead atoms. The second kappa shape index (κ2) is 6.31. The van der Waals surface area contributed by atoms with Gasteiger partial charge in [0.05, 0.1) is 32.0 Å². The molecule has 136 valence electrons. The minimum atomic E-state index is -0.530. The van der Waals surface area contributed by atoms with Crippen LogP contribution < -0.4 is 9.47 Å². The van der Waals surface area contributed by atoms with Crippen LogP contribution in [0, 0.1) is 0 Å². The van der Waals surface area contributed by atoms with E-state index in [1.807, 2.05) is 6.08 Å². The van der Waals surface area contributed by atoms with Crippen LogP contribution in [0.25, 0.3) is 0 Å². The fraction of sp³-hybridized carbons (Fsp3) is 0.600. The highest BCUT2D eigenvalue weighted by molar-refractivity contribution is 5.54. The van der Waals surface area contributed by atoms with Crippen molar-refractivity contribution in [1.82, 2.24) is 4.90 Å². The number of benzene rings is 1. The highest BCUT2D eigenvalue weighted by atomic mass is 16.5. The van der Waals surface area contributed by atoms with Crippen LogP contribution in [0.1, 0.15) is 30.4 Å². The van der Waals surface area contributed by atoms with Gasteiger partial charge in [-0.2, -0.15) is 0 Å². The molecule has 3 atom stereocenters. The topological polar surface area (TPSA) is 51.2 Å². The van der Waals surface area contributed by atoms with Crippen LogP contribution in [0.2, 0.25) is 0 Å². The largest absolute Gasteiger partial charge is 0.493 e. The maximum absolute atomic E-state index is 10.4. The molecule has 2 heterocycles. The normalized spacial score (nSPS) is 31.4. The van der Waals surface area contributed by atoms with Crippen LogP contribution in [-0.4, -0.2) is 56.6 Å². The summed E-state index contributed by atoms with van der Waals surface area (Å²) in [5.41, 5.74) is 3.74. The first-order valence-corrected chi connectivity index (χ1v) is 9.06. The Morgan fingerprint density at radius 2 is 1.84 bits per heavy atom. The summed E-state index contributed by atoms with van der Waals surface area (Å²) in [6.45, 7) is 2.09. The zero-order chi connectivity index (χ0) is 17.6. The summed E-state index contributed by atoms with van der Waals surface area (Å²) < 4.78 is 16.8. The third-order valence-corrected chi connectivity index (χ3v) is 6.20. The van der Waals surface area contributed by atoms with Gasteiger partial charge in [-0.3, -0.25) is 4.90 Å². The van der Waals surface area contributed by atoms with E-state index < -0.39 is 6.10 Å². The molecule has 5 nitrogen and oxygen atoms in total. The van der Waals surface area contributed by atoms with Crippen molar-refractivity contribution in [2.75, 3.05) is 34.4 Å². The Labute approximate surface area is 149 Å². The number of rotatable bonds is 3. The maximum atomic E-state index is 10.4. The molecule has 0 saturated carbocycles. The number of aryl methyl sites for hydroxylation is 1. The molecule has 1 fully saturated rings. The van der Waals surface area contributed by atoms with Crippen molar-refractivity contribution in [2.24, 2.45) is 0 Å². The van der Waals surface area contributed by atoms with Gasteiger partial charge in [-0.15, -0.1) is 0 Å². The SMILES string of the molecule is COc1cc2c(cc1OC)[C@]13C[C@@H](OC)[C@@H](O)C=C1CCN3CCC2. The molecule has 1 spiro atoms. The van der Waals surface area contributed by atoms with Gasteiger partial charge in [-0.25, -0.2) is 0 Å². The highest BCUT2D eigenvalue weighted by Crippen LogP contribution is 2.53. The molecule has 4 rings (SSSR count). The van der Waals surface area contributed by atoms with E-state index >= 15 is 0 Å². The quantitative estimate of drug-likeness (QED) is 0.852. The second-order valence-corrected chi connectivity index (χ2v) is 7.23. The summed E-state index contributed by atoms with van der Waals surface area (Å²) in [5, 5.41) is 10.4. The van der Waals surface area contributed by atoms with E-state index in [9.17, 15) is 5.11 Å². The Morgan fingerprint density at radius 1 is 1.08 bits per heavy atom. The van der Waals surface area contributed by atoms with E-state index in [2.05, 4.69) is 17.0 Å². The van der Waals surface area contributed by atoms with Crippen LogP contribution in [-0.2, 0) is 16.7 Å². The number of hydrogen-bond acceptors (Lipinski definition) is 5. The molecule has 1 aromatic carbocycles. The molecule has 1 aliphatic carbocycles. The van der Waals surface area contributed by atoms with E-state index in [1.54, 1.807) is 21.3 Å². The number of aliphatic hydroxyl groups is 1. The molecule has 2 aliphatic heterocycles. The van der Waals surface area contributed by atoms with Crippen molar-refractivity contribution in [2.45, 2.75) is 43.4 Å². The van der Waals surface area contributed by atoms with Crippen molar-refractivity contribution in [3.05, 3.63) is 34.9 Å². The third-order valence-electron chi connectivity index (χ3n) is 6.20. The summed E-state index contributed by atoms with van der Waals surface area (Å²) in [7, 11) is 5.06. The van der Waals surface area contributed by atoms with Crippen molar-refractivity contribution in [1.29, 1.82) is 0 Å². The van der Waals surface area contributed by atoms with Crippen molar-refractivity contribution < 1.29 is 19.3 Å². The van der Waals surface area contributed by atoms with Gasteiger partial charge in [0.2, 0.25) is 0 Å². The molecule has 0 unspecified atom stereocenters. The van der Waals surface area contributed by atoms with Crippen molar-refractivity contribution in [3.63, 3.8) is 0 Å². The Balaban J connectivity index is 1.93. The van der Waals surface area contributed by atoms with E-state index in [1.165, 1.54) is 16.7 Å². The lowest BCUT2D eigenvalue weighted by molar-refractivity contribution is -0.0318. The maximum Gasteiger partial charge on any atom is 0.161 e. The Kier molecular flexibility index (Phi) is 4.26. The summed E-state index contributed by atoms with van der Waals surface area (Å²) in [5.74, 6) is 1.55. The van der Waals surface area contributed by atoms with Gasteiger partial charge in [0.15, 0.2) is 11.5 Å². The van der Waals surface area contributed by atoms with Crippen LogP contribution >= 0.6 is 0 Å². The molecule has 1 aromatic rings. The van der Waals surface area contributed by atoms with Gasteiger partial charge in [0.25, 0.3) is 0 Å². The Bertz CT molecular complexity index is 701. The fourth-order valence-corrected chi connectivity index (χ4v) is 5.01. The molecular weight excluding hydrogens is 318 g/mol. The van der Waals surface area contributed by atoms with E-state index in [4.69, 9.17) is 14.2 Å². The third kappa shape index (κ3) is 2.40. The van der Waals surface area contributed by atoms with Gasteiger partial charge < -0.3 is 19.3 Å². The molecular formula is C20H27NO4. The molecule has 3 aliphatic rings. The Hall–Kier alpha value is -1.56. The highest BCUT2D eigenvalue weighted by Gasteiger charge is 2.52. The molecule has 1 N–H and O–H groups in total. The number of methoxy groups -OCH3 is 3. The fourth-order valence-electron chi connectivity index (χ4n) is 5.01. The van der Waals surface area contributed by atoms with Crippen molar-refractivity contribution in [3.8, 4) is 11.5 Å². The van der Waals surface area contributed by atoms with Gasteiger partial charge in [0, 0.05) is 20.1 Å². The average Bonchev–Trinajstić information content (AvgIpc) is 2.91. The van der Waals surface area contributed by atoms with E-state index in [0.717, 1.165) is 50.3 Å². The smallest absolute Gasteiger partial charge is 0.161 e. The number of ether oxygens (including phenoxy) is 3. The molecule has 0 radical (unpaired) electrons. The van der Waals surface area contributed by atoms with Crippen LogP contribution in [0.15, 0.2) is 23.8 Å². The van der Waals surface area contributed by atoms with Gasteiger partial charge in [-0.05, 0) is 54.6 Å². The van der Waals surface area contributed by atoms with Crippen molar-refractivity contribution >= 4 is 0 Å². The van der Waals surface area contributed by atoms with Crippen LogP contribution in [0.4, 0.5) is 0 Å². The lowest BCUT2D eigenvalue weighted by Crippen LogP contribution is -2.49. The molecule has 0 aromatic heterocycles. The number of aliphatic hydroxyl groups excluding tert-OH is 1. The Morgan fingerprint density at radius 3 is 2.56 bits per heavy atom. The number of hydrogen-bond donors (Lipinski definition) is 1. The first kappa shape index (κ1) is 16.9. The van der Waals surface area contributed by atoms with E-state index in [0.29, 0.717) is 0 Å². The minimum absolute atomic E-state index is 0.189. The van der Waals surface area contributed by atoms with Gasteiger partial charge >= 0.3 is 0 Å². The van der Waals surface area contributed by atoms with Gasteiger partial charge in [-0.1, -0.05) is 6.08 Å². The summed E-state index contributed by atoms with van der Waals surface area (Å²) in [4.78, 5) is 2.58. The lowest BCUT2D eigenvalue weighted by Gasteiger charge is -2.45. The summed E-state index contributed by atoms with van der Waals surface area (Å²) >= 11 is 0. The first-order chi connectivity index (χ1) is 12.1. The first-order valence-electron chi connectivity index (χ1n) is 9.06. The molecule has 5 heteroatoms. The van der Waals surface area contributed by atoms with Crippen LogP contribution in [0.3, 0.4) is 0 Å². The molecule has 1 saturated heterocycles. The lowest BCUT2D eigenvalue weighted by atomic mass is 9.72. The average molecular weight is 345 g/mol. The minimum Gasteiger partial charge on any atom is -0.493 e. The zero-order valence-electron chi connectivity index (χ0n) is 15.2. The summed E-state index contributed by atoms with van der Waals surface area (Å²) in [6, 6.07) is 4.28. The number of fused-ring (bicyclic) bond motifs is 1. The monoisotopic (exact) mass is 345 g/mol. The van der Waals surface area contributed by atoms with Crippen LogP contribution in [0.5, 0.6) is 11.5 Å². The predicted molar refractivity (Wildman–Crippen MR) is 95.2 cm³/mol. The number of nitrogens with zero attached hydrogens (tertiary/aromatic N) is 1. The standard InChI is InChI=1S/C20H27NO4/c1-23-17-9-13-5-4-7-21-8-6-14-10-16(22)19(25-3)12-20(14,21)15(13)11-18(17)24-2/h9-11,16,19,22H,4-8,12H2,1-3H3/t16-,19+,20-/m0/s1. The molecule has 0 amide bonds.